The molecule has 2 amide bonds. The molecule has 1 N–H and O–H groups in total. The van der Waals surface area contributed by atoms with Crippen molar-refractivity contribution < 1.29 is 22.9 Å². The number of imide groups is 1. The third-order valence-electron chi connectivity index (χ3n) is 6.15. The molecule has 5 rings (SSSR count). The topological polar surface area (TPSA) is 79.1 Å². The van der Waals surface area contributed by atoms with Crippen molar-refractivity contribution in [1.82, 2.24) is 9.78 Å². The Morgan fingerprint density at radius 1 is 0.865 bits per heavy atom. The van der Waals surface area contributed by atoms with Gasteiger partial charge in [0.1, 0.15) is 17.2 Å². The predicted octanol–water partition coefficient (Wildman–Crippen LogP) is 3.93. The first-order valence-electron chi connectivity index (χ1n) is 11.8. The van der Waals surface area contributed by atoms with Gasteiger partial charge in [-0.1, -0.05) is 13.3 Å². The van der Waals surface area contributed by atoms with Crippen LogP contribution < -0.4 is 15.0 Å². The molecule has 0 unspecified atom stereocenters. The summed E-state index contributed by atoms with van der Waals surface area (Å²) < 4.78 is 29.9. The molecule has 0 aliphatic carbocycles. The molecule has 2 aromatic carbocycles. The van der Waals surface area contributed by atoms with E-state index in [1.165, 1.54) is 45.6 Å². The number of H-pyrrole nitrogens is 1. The average Bonchev–Trinajstić information content (AvgIpc) is 3.32. The van der Waals surface area contributed by atoms with Crippen molar-refractivity contribution in [3.8, 4) is 5.69 Å². The summed E-state index contributed by atoms with van der Waals surface area (Å²) in [6, 6.07) is 13.9. The number of carbonyl (C=O) groups excluding carboxylic acids is 2. The minimum atomic E-state index is -0.694. The molecule has 186 valence electrons. The Kier molecular flexibility index (Phi) is 6.12. The minimum absolute atomic E-state index is 0.0118. The number of benzene rings is 2. The van der Waals surface area contributed by atoms with Crippen LogP contribution in [0.15, 0.2) is 77.9 Å². The van der Waals surface area contributed by atoms with E-state index in [1.807, 2.05) is 19.9 Å². The van der Waals surface area contributed by atoms with Crippen molar-refractivity contribution in [2.24, 2.45) is 0 Å². The van der Waals surface area contributed by atoms with Crippen LogP contribution >= 0.6 is 0 Å². The van der Waals surface area contributed by atoms with E-state index in [9.17, 15) is 23.2 Å². The second kappa shape index (κ2) is 9.42. The van der Waals surface area contributed by atoms with E-state index in [2.05, 4.69) is 5.10 Å². The molecule has 0 radical (unpaired) electrons. The summed E-state index contributed by atoms with van der Waals surface area (Å²) in [5.74, 6) is -2.30. The zero-order valence-electron chi connectivity index (χ0n) is 20.2. The number of aromatic nitrogens is 3. The van der Waals surface area contributed by atoms with Crippen molar-refractivity contribution in [3.63, 3.8) is 0 Å². The first-order valence-corrected chi connectivity index (χ1v) is 11.8. The number of aryl methyl sites for hydroxylation is 2. The maximum Gasteiger partial charge on any atom is 0.331 e. The molecular formula is C28H23F2N4O3+. The number of anilines is 1. The number of rotatable bonds is 6. The van der Waals surface area contributed by atoms with Crippen LogP contribution in [0.2, 0.25) is 0 Å². The van der Waals surface area contributed by atoms with Crippen molar-refractivity contribution in [2.75, 3.05) is 4.90 Å². The molecule has 2 aromatic heterocycles. The fraction of sp³-hybridized carbons (Fsp3) is 0.143. The summed E-state index contributed by atoms with van der Waals surface area (Å²) in [5.41, 5.74) is 1.35. The van der Waals surface area contributed by atoms with Crippen LogP contribution in [-0.4, -0.2) is 21.6 Å². The minimum Gasteiger partial charge on any atom is -0.294 e. The molecule has 0 bridgehead atoms. The number of aromatic amines is 1. The van der Waals surface area contributed by atoms with Crippen LogP contribution in [0, 0.1) is 18.6 Å². The molecule has 4 aromatic rings. The molecule has 3 heterocycles. The lowest BCUT2D eigenvalue weighted by Gasteiger charge is -2.13. The van der Waals surface area contributed by atoms with Crippen molar-refractivity contribution in [1.29, 1.82) is 0 Å². The first-order chi connectivity index (χ1) is 17.8. The fourth-order valence-electron chi connectivity index (χ4n) is 4.48. The summed E-state index contributed by atoms with van der Waals surface area (Å²) in [7, 11) is 0. The normalized spacial score (nSPS) is 13.7. The van der Waals surface area contributed by atoms with Gasteiger partial charge in [0.2, 0.25) is 0 Å². The highest BCUT2D eigenvalue weighted by Crippen LogP contribution is 2.33. The monoisotopic (exact) mass is 501 g/mol. The number of pyridine rings is 1. The molecule has 0 spiro atoms. The number of halogens is 2. The number of nitrogens with zero attached hydrogens (tertiary/aromatic N) is 3. The molecule has 0 atom stereocenters. The number of nitrogens with one attached hydrogen (secondary N) is 1. The summed E-state index contributed by atoms with van der Waals surface area (Å²) in [6.45, 7) is 3.77. The van der Waals surface area contributed by atoms with Gasteiger partial charge in [0, 0.05) is 17.3 Å². The van der Waals surface area contributed by atoms with E-state index in [0.29, 0.717) is 24.2 Å². The molecule has 1 aliphatic heterocycles. The van der Waals surface area contributed by atoms with Crippen LogP contribution in [-0.2, 0) is 16.0 Å². The van der Waals surface area contributed by atoms with E-state index in [4.69, 9.17) is 0 Å². The van der Waals surface area contributed by atoms with Crippen molar-refractivity contribution >= 4 is 28.8 Å². The number of hydrogen-bond donors (Lipinski definition) is 1. The lowest BCUT2D eigenvalue weighted by atomic mass is 10.0. The zero-order valence-corrected chi connectivity index (χ0v) is 20.2. The van der Waals surface area contributed by atoms with E-state index >= 15 is 0 Å². The lowest BCUT2D eigenvalue weighted by Crippen LogP contribution is -2.39. The summed E-state index contributed by atoms with van der Waals surface area (Å²) in [6.07, 6.45) is 4.40. The van der Waals surface area contributed by atoms with Crippen LogP contribution in [0.25, 0.3) is 17.0 Å². The summed E-state index contributed by atoms with van der Waals surface area (Å²) >= 11 is 0. The zero-order chi connectivity index (χ0) is 26.3. The SMILES string of the molecule is CCCc1[nH]n(-c2ccc(F)cc2)c(=O)c1C1=C([n+]2cccc(C)c2)C(=O)N(c2ccc(F)cc2)C1=O. The molecule has 0 saturated heterocycles. The van der Waals surface area contributed by atoms with E-state index < -0.39 is 29.0 Å². The van der Waals surface area contributed by atoms with Crippen molar-refractivity contribution in [2.45, 2.75) is 26.7 Å². The van der Waals surface area contributed by atoms with Gasteiger partial charge in [0.25, 0.3) is 17.2 Å². The Morgan fingerprint density at radius 2 is 1.49 bits per heavy atom. The van der Waals surface area contributed by atoms with E-state index in [0.717, 1.165) is 22.6 Å². The van der Waals surface area contributed by atoms with E-state index in [1.54, 1.807) is 18.5 Å². The predicted molar refractivity (Wildman–Crippen MR) is 134 cm³/mol. The van der Waals surface area contributed by atoms with Gasteiger partial charge in [0.15, 0.2) is 12.4 Å². The molecular weight excluding hydrogens is 478 g/mol. The van der Waals surface area contributed by atoms with Gasteiger partial charge in [-0.3, -0.25) is 19.5 Å². The van der Waals surface area contributed by atoms with Crippen LogP contribution in [0.4, 0.5) is 14.5 Å². The molecule has 0 saturated carbocycles. The number of amides is 2. The molecule has 9 heteroatoms. The lowest BCUT2D eigenvalue weighted by molar-refractivity contribution is -0.577. The Labute approximate surface area is 210 Å². The Bertz CT molecular complexity index is 1620. The fourth-order valence-corrected chi connectivity index (χ4v) is 4.48. The molecule has 1 aliphatic rings. The van der Waals surface area contributed by atoms with E-state index in [-0.39, 0.29) is 22.5 Å². The van der Waals surface area contributed by atoms with Gasteiger partial charge in [-0.2, -0.15) is 4.57 Å². The second-order valence-electron chi connectivity index (χ2n) is 8.77. The number of hydrogen-bond acceptors (Lipinski definition) is 3. The Hall–Kier alpha value is -4.66. The average molecular weight is 502 g/mol. The standard InChI is InChI=1S/C28H22F2N4O3/c1-3-5-22-23(27(36)34(31-22)21-13-9-19(30)10-14-21)24-25(32-15-4-6-17(2)16-32)28(37)33(26(24)35)20-11-7-18(29)8-12-20/h4,6-16H,3,5H2,1-2H3/p+1. The van der Waals surface area contributed by atoms with Gasteiger partial charge in [-0.15, -0.1) is 0 Å². The van der Waals surface area contributed by atoms with Crippen LogP contribution in [0.5, 0.6) is 0 Å². The maximum atomic E-state index is 13.9. The molecule has 0 fully saturated rings. The van der Waals surface area contributed by atoms with Gasteiger partial charge in [0.05, 0.1) is 16.9 Å². The Morgan fingerprint density at radius 3 is 2.08 bits per heavy atom. The first kappa shape index (κ1) is 24.1. The van der Waals surface area contributed by atoms with Gasteiger partial charge < -0.3 is 0 Å². The highest BCUT2D eigenvalue weighted by atomic mass is 19.1. The quantitative estimate of drug-likeness (QED) is 0.321. The Balaban J connectivity index is 1.78. The largest absolute Gasteiger partial charge is 0.331 e. The smallest absolute Gasteiger partial charge is 0.294 e. The van der Waals surface area contributed by atoms with Gasteiger partial charge >= 0.3 is 5.91 Å². The summed E-state index contributed by atoms with van der Waals surface area (Å²) in [4.78, 5) is 42.4. The van der Waals surface area contributed by atoms with Crippen LogP contribution in [0.3, 0.4) is 0 Å². The third kappa shape index (κ3) is 4.18. The maximum absolute atomic E-state index is 13.9. The third-order valence-corrected chi connectivity index (χ3v) is 6.15. The highest BCUT2D eigenvalue weighted by molar-refractivity contribution is 6.53. The van der Waals surface area contributed by atoms with Gasteiger partial charge in [-0.25, -0.2) is 18.4 Å². The molecule has 37 heavy (non-hydrogen) atoms. The van der Waals surface area contributed by atoms with Crippen LogP contribution in [0.1, 0.15) is 30.2 Å². The summed E-state index contributed by atoms with van der Waals surface area (Å²) in [5, 5.41) is 3.05. The number of carbonyl (C=O) groups is 2. The van der Waals surface area contributed by atoms with Crippen molar-refractivity contribution in [3.05, 3.63) is 112 Å². The highest BCUT2D eigenvalue weighted by Gasteiger charge is 2.48. The van der Waals surface area contributed by atoms with Gasteiger partial charge in [-0.05, 0) is 67.9 Å². The molecule has 7 nitrogen and oxygen atoms in total. The second-order valence-corrected chi connectivity index (χ2v) is 8.77.